The molecule has 1 saturated heterocycles. The molecule has 0 saturated carbocycles. The van der Waals surface area contributed by atoms with E-state index in [0.29, 0.717) is 60.8 Å². The van der Waals surface area contributed by atoms with Crippen LogP contribution in [0, 0.1) is 6.92 Å². The molecule has 2 aromatic heterocycles. The van der Waals surface area contributed by atoms with E-state index in [1.54, 1.807) is 6.20 Å². The summed E-state index contributed by atoms with van der Waals surface area (Å²) in [6.07, 6.45) is 11.9. The molecule has 0 atom stereocenters. The summed E-state index contributed by atoms with van der Waals surface area (Å²) in [6.45, 7) is 4.87. The van der Waals surface area contributed by atoms with Crippen molar-refractivity contribution in [2.24, 2.45) is 0 Å². The first-order valence-electron chi connectivity index (χ1n) is 13.6. The summed E-state index contributed by atoms with van der Waals surface area (Å²) in [5.74, 6) is -0.783. The highest BCUT2D eigenvalue weighted by atomic mass is 35.5. The number of amides is 1. The van der Waals surface area contributed by atoms with E-state index in [4.69, 9.17) is 26.7 Å². The molecule has 5 rings (SSSR count). The van der Waals surface area contributed by atoms with E-state index < -0.39 is 5.97 Å². The van der Waals surface area contributed by atoms with Gasteiger partial charge in [-0.25, -0.2) is 9.97 Å². The summed E-state index contributed by atoms with van der Waals surface area (Å²) < 4.78 is 0. The van der Waals surface area contributed by atoms with Crippen LogP contribution in [0.3, 0.4) is 0 Å². The van der Waals surface area contributed by atoms with Crippen molar-refractivity contribution in [1.82, 2.24) is 19.9 Å². The molecule has 9 heteroatoms. The van der Waals surface area contributed by atoms with Crippen molar-refractivity contribution in [3.05, 3.63) is 82.0 Å². The molecule has 1 aliphatic carbocycles. The number of aromatic nitrogens is 3. The maximum atomic E-state index is 13.6. The minimum Gasteiger partial charge on any atom is -0.481 e. The quantitative estimate of drug-likeness (QED) is 0.368. The van der Waals surface area contributed by atoms with Crippen molar-refractivity contribution in [2.75, 3.05) is 31.1 Å². The summed E-state index contributed by atoms with van der Waals surface area (Å²) in [6, 6.07) is 9.50. The van der Waals surface area contributed by atoms with Crippen LogP contribution in [-0.4, -0.2) is 63.0 Å². The lowest BCUT2D eigenvalue weighted by atomic mass is 10.0. The number of aliphatic carboxylic acids is 1. The summed E-state index contributed by atoms with van der Waals surface area (Å²) in [5.41, 5.74) is 6.78. The monoisotopic (exact) mass is 557 g/mol. The lowest BCUT2D eigenvalue weighted by Crippen LogP contribution is -2.49. The molecule has 0 spiro atoms. The minimum absolute atomic E-state index is 0.0233. The van der Waals surface area contributed by atoms with Crippen LogP contribution in [0.4, 0.5) is 5.69 Å². The molecule has 0 radical (unpaired) electrons. The topological polar surface area (TPSA) is 99.5 Å². The number of hydrogen-bond acceptors (Lipinski definition) is 6. The van der Waals surface area contributed by atoms with E-state index in [9.17, 15) is 9.59 Å². The highest BCUT2D eigenvalue weighted by Gasteiger charge is 2.25. The van der Waals surface area contributed by atoms with Crippen LogP contribution in [0.5, 0.6) is 0 Å². The number of carbonyl (C=O) groups excluding carboxylic acids is 1. The van der Waals surface area contributed by atoms with Gasteiger partial charge < -0.3 is 14.9 Å². The molecule has 0 bridgehead atoms. The Morgan fingerprint density at radius 3 is 2.50 bits per heavy atom. The van der Waals surface area contributed by atoms with Crippen molar-refractivity contribution in [2.45, 2.75) is 39.0 Å². The largest absolute Gasteiger partial charge is 0.481 e. The fourth-order valence-corrected chi connectivity index (χ4v) is 5.28. The van der Waals surface area contributed by atoms with Crippen LogP contribution in [-0.2, 0) is 16.0 Å². The number of carboxylic acids is 1. The first kappa shape index (κ1) is 27.5. The third kappa shape index (κ3) is 6.39. The second kappa shape index (κ2) is 12.4. The Bertz CT molecular complexity index is 1460. The summed E-state index contributed by atoms with van der Waals surface area (Å²) in [5, 5.41) is 9.67. The van der Waals surface area contributed by atoms with Crippen LogP contribution in [0.25, 0.3) is 23.4 Å². The van der Waals surface area contributed by atoms with E-state index in [-0.39, 0.29) is 12.3 Å². The Kier molecular flexibility index (Phi) is 8.55. The molecule has 1 aliphatic heterocycles. The predicted octanol–water partition coefficient (Wildman–Crippen LogP) is 5.45. The van der Waals surface area contributed by atoms with Crippen molar-refractivity contribution < 1.29 is 14.7 Å². The normalized spacial score (nSPS) is 14.9. The maximum Gasteiger partial charge on any atom is 0.303 e. The van der Waals surface area contributed by atoms with Crippen LogP contribution >= 0.6 is 11.6 Å². The molecule has 40 heavy (non-hydrogen) atoms. The molecule has 206 valence electrons. The number of halogens is 1. The Morgan fingerprint density at radius 2 is 1.77 bits per heavy atom. The smallest absolute Gasteiger partial charge is 0.303 e. The highest BCUT2D eigenvalue weighted by molar-refractivity contribution is 6.30. The zero-order chi connectivity index (χ0) is 28.1. The number of unbranched alkanes of at least 4 members (excludes halogenated alkanes) is 1. The maximum absolute atomic E-state index is 13.6. The van der Waals surface area contributed by atoms with Gasteiger partial charge in [0.25, 0.3) is 0 Å². The third-order valence-electron chi connectivity index (χ3n) is 7.29. The number of hydrogen-bond donors (Lipinski definition) is 1. The zero-order valence-electron chi connectivity index (χ0n) is 22.5. The van der Waals surface area contributed by atoms with Gasteiger partial charge in [0.05, 0.1) is 22.8 Å². The van der Waals surface area contributed by atoms with Gasteiger partial charge in [-0.3, -0.25) is 14.6 Å². The summed E-state index contributed by atoms with van der Waals surface area (Å²) in [7, 11) is 0. The average Bonchev–Trinajstić information content (AvgIpc) is 3.17. The fraction of sp³-hybridized carbons (Fsp3) is 0.323. The molecule has 1 aromatic carbocycles. The molecule has 3 heterocycles. The van der Waals surface area contributed by atoms with Gasteiger partial charge in [-0.2, -0.15) is 0 Å². The number of rotatable bonds is 8. The first-order chi connectivity index (χ1) is 19.4. The van der Waals surface area contributed by atoms with Crippen LogP contribution in [0.2, 0.25) is 5.02 Å². The SMILES string of the molecule is Cc1cnccc1N1CCN(C(=O)C2=Cc3nc(CCCCC(=O)O)c(-c4ccc(Cl)cc4)nc3C=CC2)CC1. The number of benzene rings is 1. The molecule has 0 unspecified atom stereocenters. The standard InChI is InChI=1S/C31H32ClN5O3/c1-21-20-33-14-13-28(21)36-15-17-37(18-16-36)31(40)23-5-4-7-25-27(19-23)34-26(6-2-3-8-29(38)39)30(35-25)22-9-11-24(32)12-10-22/h4,7,9-14,19-20H,2-3,5-6,8,15-18H2,1H3,(H,38,39). The molecular weight excluding hydrogens is 526 g/mol. The Labute approximate surface area is 239 Å². The number of nitrogens with zero attached hydrogens (tertiary/aromatic N) is 5. The highest BCUT2D eigenvalue weighted by Crippen LogP contribution is 2.29. The summed E-state index contributed by atoms with van der Waals surface area (Å²) >= 11 is 6.11. The average molecular weight is 558 g/mol. The minimum atomic E-state index is -0.807. The summed E-state index contributed by atoms with van der Waals surface area (Å²) in [4.78, 5) is 42.9. The van der Waals surface area contributed by atoms with Crippen LogP contribution < -0.4 is 4.90 Å². The predicted molar refractivity (Wildman–Crippen MR) is 157 cm³/mol. The number of carboxylic acid groups (broad SMARTS) is 1. The van der Waals surface area contributed by atoms with Gasteiger partial charge in [-0.05, 0) is 68.5 Å². The zero-order valence-corrected chi connectivity index (χ0v) is 23.3. The number of pyridine rings is 1. The molecular formula is C31H32ClN5O3. The van der Waals surface area contributed by atoms with E-state index in [1.165, 1.54) is 0 Å². The van der Waals surface area contributed by atoms with E-state index in [2.05, 4.69) is 16.8 Å². The third-order valence-corrected chi connectivity index (χ3v) is 7.54. The van der Waals surface area contributed by atoms with Gasteiger partial charge in [-0.1, -0.05) is 29.8 Å². The number of carbonyl (C=O) groups is 2. The van der Waals surface area contributed by atoms with Crippen molar-refractivity contribution >= 4 is 41.3 Å². The lowest BCUT2D eigenvalue weighted by Gasteiger charge is -2.37. The van der Waals surface area contributed by atoms with Gasteiger partial charge in [-0.15, -0.1) is 0 Å². The second-order valence-corrected chi connectivity index (χ2v) is 10.6. The molecule has 1 amide bonds. The molecule has 8 nitrogen and oxygen atoms in total. The van der Waals surface area contributed by atoms with Crippen molar-refractivity contribution in [1.29, 1.82) is 0 Å². The van der Waals surface area contributed by atoms with Gasteiger partial charge in [0.15, 0.2) is 0 Å². The number of aryl methyl sites for hydroxylation is 2. The number of anilines is 1. The van der Waals surface area contributed by atoms with Crippen LogP contribution in [0.1, 0.15) is 48.3 Å². The molecule has 2 aliphatic rings. The van der Waals surface area contributed by atoms with E-state index in [0.717, 1.165) is 41.3 Å². The number of piperazine rings is 1. The van der Waals surface area contributed by atoms with E-state index >= 15 is 0 Å². The second-order valence-electron chi connectivity index (χ2n) is 10.1. The first-order valence-corrected chi connectivity index (χ1v) is 14.0. The van der Waals surface area contributed by atoms with E-state index in [1.807, 2.05) is 59.7 Å². The van der Waals surface area contributed by atoms with Gasteiger partial charge in [0.1, 0.15) is 0 Å². The number of fused-ring (bicyclic) bond motifs is 1. The van der Waals surface area contributed by atoms with Gasteiger partial charge in [0, 0.05) is 66.8 Å². The molecule has 1 N–H and O–H groups in total. The fourth-order valence-electron chi connectivity index (χ4n) is 5.15. The molecule has 3 aromatic rings. The molecule has 1 fully saturated rings. The van der Waals surface area contributed by atoms with Gasteiger partial charge >= 0.3 is 5.97 Å². The van der Waals surface area contributed by atoms with Gasteiger partial charge in [0.2, 0.25) is 5.91 Å². The van der Waals surface area contributed by atoms with Crippen LogP contribution in [0.15, 0.2) is 54.4 Å². The van der Waals surface area contributed by atoms with Crippen molar-refractivity contribution in [3.63, 3.8) is 0 Å². The Morgan fingerprint density at radius 1 is 1.00 bits per heavy atom. The Balaban J connectivity index is 1.38. The van der Waals surface area contributed by atoms with Crippen molar-refractivity contribution in [3.8, 4) is 11.3 Å². The number of allylic oxidation sites excluding steroid dienone is 1. The Hall–Kier alpha value is -4.04. The lowest BCUT2D eigenvalue weighted by molar-refractivity contribution is -0.137.